The Morgan fingerprint density at radius 1 is 1.00 bits per heavy atom. The van der Waals surface area contributed by atoms with E-state index in [9.17, 15) is 24.0 Å². The van der Waals surface area contributed by atoms with Gasteiger partial charge in [0, 0.05) is 12.5 Å². The van der Waals surface area contributed by atoms with E-state index >= 15 is 0 Å². The van der Waals surface area contributed by atoms with Gasteiger partial charge < -0.3 is 21.3 Å². The summed E-state index contributed by atoms with van der Waals surface area (Å²) in [6.07, 6.45) is 3.96. The van der Waals surface area contributed by atoms with Crippen LogP contribution in [0.1, 0.15) is 66.7 Å². The predicted octanol–water partition coefficient (Wildman–Crippen LogP) is 0.750. The lowest BCUT2D eigenvalue weighted by atomic mass is 9.85. The zero-order valence-corrected chi connectivity index (χ0v) is 20.8. The maximum absolute atomic E-state index is 13.8. The number of fused-ring (bicyclic) bond motifs is 1. The molecular weight excluding hydrogens is 436 g/mol. The Kier molecular flexibility index (Phi) is 6.05. The van der Waals surface area contributed by atoms with E-state index in [4.69, 9.17) is 5.73 Å². The van der Waals surface area contributed by atoms with Crippen LogP contribution >= 0.6 is 0 Å². The van der Waals surface area contributed by atoms with Gasteiger partial charge in [-0.3, -0.25) is 24.0 Å². The van der Waals surface area contributed by atoms with E-state index in [2.05, 4.69) is 24.5 Å². The first kappa shape index (κ1) is 24.7. The van der Waals surface area contributed by atoms with Crippen molar-refractivity contribution in [1.82, 2.24) is 15.5 Å². The Morgan fingerprint density at radius 2 is 1.62 bits per heavy atom. The summed E-state index contributed by atoms with van der Waals surface area (Å²) in [6.45, 7) is 10.3. The molecule has 34 heavy (non-hydrogen) atoms. The van der Waals surface area contributed by atoms with Gasteiger partial charge in [0.05, 0.1) is 6.04 Å². The lowest BCUT2D eigenvalue weighted by Crippen LogP contribution is -2.60. The number of carbonyl (C=O) groups excluding carboxylic acids is 5. The number of hydrogen-bond acceptors (Lipinski definition) is 5. The normalized spacial score (nSPS) is 29.0. The number of hydrogen-bond donors (Lipinski definition) is 3. The molecule has 4 fully saturated rings. The van der Waals surface area contributed by atoms with Crippen LogP contribution in [0.4, 0.5) is 0 Å². The highest BCUT2D eigenvalue weighted by molar-refractivity contribution is 6.37. The van der Waals surface area contributed by atoms with Crippen molar-refractivity contribution in [2.24, 2.45) is 40.2 Å². The third-order valence-corrected chi connectivity index (χ3v) is 8.25. The van der Waals surface area contributed by atoms with Crippen molar-refractivity contribution in [3.8, 4) is 0 Å². The van der Waals surface area contributed by atoms with Gasteiger partial charge in [0.15, 0.2) is 0 Å². The first-order valence-corrected chi connectivity index (χ1v) is 12.5. The quantitative estimate of drug-likeness (QED) is 0.423. The molecule has 4 unspecified atom stereocenters. The van der Waals surface area contributed by atoms with Gasteiger partial charge in [0.1, 0.15) is 12.1 Å². The smallest absolute Gasteiger partial charge is 0.287 e. The van der Waals surface area contributed by atoms with Gasteiger partial charge in [-0.15, -0.1) is 0 Å². The fourth-order valence-corrected chi connectivity index (χ4v) is 5.58. The van der Waals surface area contributed by atoms with Crippen LogP contribution in [-0.4, -0.2) is 59.0 Å². The molecule has 0 bridgehead atoms. The van der Waals surface area contributed by atoms with Crippen molar-refractivity contribution in [1.29, 1.82) is 0 Å². The third kappa shape index (κ3) is 4.70. The predicted molar refractivity (Wildman–Crippen MR) is 124 cm³/mol. The van der Waals surface area contributed by atoms with Gasteiger partial charge in [0.25, 0.3) is 5.91 Å². The zero-order chi connectivity index (χ0) is 25.2. The summed E-state index contributed by atoms with van der Waals surface area (Å²) in [4.78, 5) is 65.4. The van der Waals surface area contributed by atoms with Gasteiger partial charge in [-0.1, -0.05) is 47.5 Å². The molecule has 9 heteroatoms. The first-order valence-electron chi connectivity index (χ1n) is 12.5. The van der Waals surface area contributed by atoms with Crippen LogP contribution in [0.2, 0.25) is 0 Å². The summed E-state index contributed by atoms with van der Waals surface area (Å²) >= 11 is 0. The van der Waals surface area contributed by atoms with E-state index in [0.29, 0.717) is 18.9 Å². The van der Waals surface area contributed by atoms with Gasteiger partial charge >= 0.3 is 0 Å². The molecule has 188 valence electrons. The standard InChI is InChI=1S/C25H38N4O5/c1-24(2,3)19(28-21(32)13-8-9-13)23(34)29-11-14-16(25(14,4)5)17(29)22(33)27-15(10-12-6-7-12)18(30)20(26)31/h12-17,19H,6-11H2,1-5H3,(H2,26,31)(H,27,33)(H,28,32)/t14?,15?,16?,17?,19-/m1/s1. The van der Waals surface area contributed by atoms with Crippen molar-refractivity contribution in [3.63, 3.8) is 0 Å². The molecule has 4 amide bonds. The van der Waals surface area contributed by atoms with Crippen LogP contribution in [0.15, 0.2) is 0 Å². The molecule has 4 rings (SSSR count). The number of likely N-dealkylation sites (tertiary alicyclic amines) is 1. The molecule has 0 radical (unpaired) electrons. The minimum atomic E-state index is -1.06. The second-order valence-electron chi connectivity index (χ2n) is 12.4. The van der Waals surface area contributed by atoms with E-state index in [0.717, 1.165) is 25.7 Å². The molecule has 1 aliphatic heterocycles. The van der Waals surface area contributed by atoms with Crippen LogP contribution in [-0.2, 0) is 24.0 Å². The average molecular weight is 475 g/mol. The number of carbonyl (C=O) groups is 5. The van der Waals surface area contributed by atoms with E-state index in [1.165, 1.54) is 0 Å². The summed E-state index contributed by atoms with van der Waals surface area (Å²) in [7, 11) is 0. The number of ketones is 1. The molecule has 0 aromatic rings. The number of nitrogens with zero attached hydrogens (tertiary/aromatic N) is 1. The van der Waals surface area contributed by atoms with Crippen LogP contribution in [0.3, 0.4) is 0 Å². The highest BCUT2D eigenvalue weighted by Gasteiger charge is 2.70. The van der Waals surface area contributed by atoms with E-state index in [1.54, 1.807) is 4.90 Å². The molecular formula is C25H38N4O5. The minimum absolute atomic E-state index is 0.0364. The Labute approximate surface area is 200 Å². The van der Waals surface area contributed by atoms with Crippen LogP contribution in [0.5, 0.6) is 0 Å². The average Bonchev–Trinajstić information content (AvgIpc) is 3.66. The molecule has 4 aliphatic rings. The number of Topliss-reactive ketones (excluding diaryl/α,β-unsaturated/α-hetero) is 1. The van der Waals surface area contributed by atoms with Crippen molar-refractivity contribution in [3.05, 3.63) is 0 Å². The van der Waals surface area contributed by atoms with E-state index < -0.39 is 41.1 Å². The lowest BCUT2D eigenvalue weighted by molar-refractivity contribution is -0.146. The summed E-state index contributed by atoms with van der Waals surface area (Å²) in [6, 6.07) is -2.48. The Balaban J connectivity index is 1.55. The number of rotatable bonds is 9. The maximum atomic E-state index is 13.8. The highest BCUT2D eigenvalue weighted by atomic mass is 16.2. The summed E-state index contributed by atoms with van der Waals surface area (Å²) in [5.41, 5.74) is 4.59. The van der Waals surface area contributed by atoms with Crippen molar-refractivity contribution >= 4 is 29.4 Å². The second-order valence-corrected chi connectivity index (χ2v) is 12.4. The summed E-state index contributed by atoms with van der Waals surface area (Å²) < 4.78 is 0. The number of nitrogens with two attached hydrogens (primary N) is 1. The molecule has 3 aliphatic carbocycles. The Morgan fingerprint density at radius 3 is 2.12 bits per heavy atom. The van der Waals surface area contributed by atoms with Gasteiger partial charge in [-0.25, -0.2) is 0 Å². The first-order chi connectivity index (χ1) is 15.7. The number of primary amides is 1. The number of nitrogens with one attached hydrogen (secondary N) is 2. The van der Waals surface area contributed by atoms with Crippen molar-refractivity contribution < 1.29 is 24.0 Å². The Bertz CT molecular complexity index is 915. The Hall–Kier alpha value is -2.45. The topological polar surface area (TPSA) is 139 Å². The molecule has 9 nitrogen and oxygen atoms in total. The largest absolute Gasteiger partial charge is 0.363 e. The molecule has 4 N–H and O–H groups in total. The molecule has 0 spiro atoms. The summed E-state index contributed by atoms with van der Waals surface area (Å²) in [5.74, 6) is -2.29. The van der Waals surface area contributed by atoms with Crippen LogP contribution in [0.25, 0.3) is 0 Å². The van der Waals surface area contributed by atoms with Gasteiger partial charge in [-0.05, 0) is 47.8 Å². The fourth-order valence-electron chi connectivity index (χ4n) is 5.58. The molecule has 1 saturated heterocycles. The SMILES string of the molecule is CC1(C)C2CN(C(=O)[C@@H](NC(=O)C3CC3)C(C)(C)C)C(C(=O)NC(CC3CC3)C(=O)C(N)=O)C21. The van der Waals surface area contributed by atoms with Gasteiger partial charge in [0.2, 0.25) is 23.5 Å². The molecule has 1 heterocycles. The van der Waals surface area contributed by atoms with Crippen LogP contribution < -0.4 is 16.4 Å². The lowest BCUT2D eigenvalue weighted by Gasteiger charge is -2.38. The third-order valence-electron chi connectivity index (χ3n) is 8.25. The van der Waals surface area contributed by atoms with Crippen molar-refractivity contribution in [2.45, 2.75) is 84.8 Å². The fraction of sp³-hybridized carbons (Fsp3) is 0.800. The number of amides is 4. The van der Waals surface area contributed by atoms with E-state index in [-0.39, 0.29) is 35.0 Å². The second kappa shape index (κ2) is 8.34. The molecule has 3 saturated carbocycles. The highest BCUT2D eigenvalue weighted by Crippen LogP contribution is 2.65. The van der Waals surface area contributed by atoms with E-state index in [1.807, 2.05) is 20.8 Å². The molecule has 0 aromatic heterocycles. The summed E-state index contributed by atoms with van der Waals surface area (Å²) in [5, 5.41) is 5.70. The van der Waals surface area contributed by atoms with Crippen LogP contribution in [0, 0.1) is 34.5 Å². The number of piperidine rings is 1. The monoisotopic (exact) mass is 474 g/mol. The van der Waals surface area contributed by atoms with Gasteiger partial charge in [-0.2, -0.15) is 0 Å². The maximum Gasteiger partial charge on any atom is 0.287 e. The zero-order valence-electron chi connectivity index (χ0n) is 20.8. The van der Waals surface area contributed by atoms with Crippen molar-refractivity contribution in [2.75, 3.05) is 6.54 Å². The molecule has 0 aromatic carbocycles. The minimum Gasteiger partial charge on any atom is -0.363 e. The molecule has 5 atom stereocenters.